The van der Waals surface area contributed by atoms with Crippen molar-refractivity contribution in [3.63, 3.8) is 0 Å². The predicted octanol–water partition coefficient (Wildman–Crippen LogP) is 1.77. The van der Waals surface area contributed by atoms with E-state index in [0.717, 1.165) is 11.3 Å². The number of nitrogens with one attached hydrogen (secondary N) is 2. The van der Waals surface area contributed by atoms with E-state index >= 15 is 0 Å². The van der Waals surface area contributed by atoms with E-state index in [4.69, 9.17) is 4.74 Å². The van der Waals surface area contributed by atoms with Crippen LogP contribution < -0.4 is 15.4 Å². The lowest BCUT2D eigenvalue weighted by atomic mass is 9.87. The van der Waals surface area contributed by atoms with E-state index in [1.807, 2.05) is 20.8 Å². The van der Waals surface area contributed by atoms with Gasteiger partial charge >= 0.3 is 6.03 Å². The van der Waals surface area contributed by atoms with Crippen LogP contribution in [0.3, 0.4) is 0 Å². The van der Waals surface area contributed by atoms with Gasteiger partial charge < -0.3 is 15.4 Å². The monoisotopic (exact) mass is 347 g/mol. The van der Waals surface area contributed by atoms with Crippen LogP contribution in [-0.4, -0.2) is 42.4 Å². The fourth-order valence-corrected chi connectivity index (χ4v) is 2.85. The number of nitrogens with zero attached hydrogens (tertiary/aromatic N) is 1. The molecular formula is C18H25N3O4. The average molecular weight is 347 g/mol. The molecule has 1 fully saturated rings. The SMILES string of the molecule is CC[C@H](C)NC(=O)CN1C(=O)N[C@](CC)(c2ccc(OC)cc2)C1=O. The molecule has 1 aliphatic rings. The zero-order valence-electron chi connectivity index (χ0n) is 15.1. The summed E-state index contributed by atoms with van der Waals surface area (Å²) in [6.45, 7) is 5.36. The van der Waals surface area contributed by atoms with Crippen LogP contribution in [-0.2, 0) is 15.1 Å². The molecule has 0 bridgehead atoms. The lowest BCUT2D eigenvalue weighted by molar-refractivity contribution is -0.135. The van der Waals surface area contributed by atoms with E-state index in [1.54, 1.807) is 31.4 Å². The van der Waals surface area contributed by atoms with Gasteiger partial charge in [0.1, 0.15) is 17.8 Å². The first-order valence-electron chi connectivity index (χ1n) is 8.46. The highest BCUT2D eigenvalue weighted by Gasteiger charge is 2.51. The molecule has 0 aromatic heterocycles. The van der Waals surface area contributed by atoms with Gasteiger partial charge in [-0.25, -0.2) is 4.79 Å². The van der Waals surface area contributed by atoms with E-state index in [2.05, 4.69) is 10.6 Å². The van der Waals surface area contributed by atoms with Gasteiger partial charge in [0.2, 0.25) is 5.91 Å². The number of hydrogen-bond donors (Lipinski definition) is 2. The molecule has 1 heterocycles. The molecule has 0 spiro atoms. The van der Waals surface area contributed by atoms with Gasteiger partial charge in [-0.15, -0.1) is 0 Å². The summed E-state index contributed by atoms with van der Waals surface area (Å²) >= 11 is 0. The van der Waals surface area contributed by atoms with Crippen LogP contribution in [0.4, 0.5) is 4.79 Å². The molecule has 1 saturated heterocycles. The Kier molecular flexibility index (Phi) is 5.66. The number of amides is 4. The zero-order chi connectivity index (χ0) is 18.6. The van der Waals surface area contributed by atoms with E-state index in [0.29, 0.717) is 17.7 Å². The molecule has 25 heavy (non-hydrogen) atoms. The van der Waals surface area contributed by atoms with Gasteiger partial charge in [0.15, 0.2) is 0 Å². The second-order valence-corrected chi connectivity index (χ2v) is 6.19. The van der Waals surface area contributed by atoms with Gasteiger partial charge in [0.05, 0.1) is 7.11 Å². The van der Waals surface area contributed by atoms with Crippen LogP contribution in [0.5, 0.6) is 5.75 Å². The van der Waals surface area contributed by atoms with E-state index < -0.39 is 17.5 Å². The molecule has 1 aliphatic heterocycles. The number of methoxy groups -OCH3 is 1. The van der Waals surface area contributed by atoms with Crippen molar-refractivity contribution in [2.75, 3.05) is 13.7 Å². The van der Waals surface area contributed by atoms with Gasteiger partial charge in [-0.3, -0.25) is 14.5 Å². The fourth-order valence-electron chi connectivity index (χ4n) is 2.85. The first-order valence-corrected chi connectivity index (χ1v) is 8.46. The largest absolute Gasteiger partial charge is 0.497 e. The lowest BCUT2D eigenvalue weighted by Crippen LogP contribution is -2.45. The molecule has 0 saturated carbocycles. The molecule has 2 rings (SSSR count). The van der Waals surface area contributed by atoms with Crippen molar-refractivity contribution in [2.45, 2.75) is 45.2 Å². The number of urea groups is 1. The number of benzene rings is 1. The minimum atomic E-state index is -1.15. The Bertz CT molecular complexity index is 659. The Hall–Kier alpha value is -2.57. The highest BCUT2D eigenvalue weighted by atomic mass is 16.5. The standard InChI is InChI=1S/C18H25N3O4/c1-5-12(3)19-15(22)11-21-16(23)18(6-2,20-17(21)24)13-7-9-14(25-4)10-8-13/h7-10,12H,5-6,11H2,1-4H3,(H,19,22)(H,20,24)/t12-,18+/m0/s1. The summed E-state index contributed by atoms with van der Waals surface area (Å²) in [4.78, 5) is 38.3. The molecule has 7 heteroatoms. The van der Waals surface area contributed by atoms with Gasteiger partial charge in [-0.2, -0.15) is 0 Å². The summed E-state index contributed by atoms with van der Waals surface area (Å²) in [6, 6.07) is 6.43. The van der Waals surface area contributed by atoms with Crippen molar-refractivity contribution in [1.82, 2.24) is 15.5 Å². The summed E-state index contributed by atoms with van der Waals surface area (Å²) < 4.78 is 5.13. The van der Waals surface area contributed by atoms with Gasteiger partial charge in [0, 0.05) is 6.04 Å². The second kappa shape index (κ2) is 7.55. The quantitative estimate of drug-likeness (QED) is 0.736. The summed E-state index contributed by atoms with van der Waals surface area (Å²) in [7, 11) is 1.56. The van der Waals surface area contributed by atoms with E-state index in [9.17, 15) is 14.4 Å². The molecule has 136 valence electrons. The molecule has 7 nitrogen and oxygen atoms in total. The number of hydrogen-bond acceptors (Lipinski definition) is 4. The first-order chi connectivity index (χ1) is 11.9. The van der Waals surface area contributed by atoms with Gasteiger partial charge in [0.25, 0.3) is 5.91 Å². The molecule has 2 N–H and O–H groups in total. The molecule has 1 aromatic rings. The molecule has 0 aliphatic carbocycles. The smallest absolute Gasteiger partial charge is 0.325 e. The van der Waals surface area contributed by atoms with Crippen molar-refractivity contribution in [3.05, 3.63) is 29.8 Å². The number of rotatable bonds is 7. The maximum atomic E-state index is 12.9. The Morgan fingerprint density at radius 2 is 1.92 bits per heavy atom. The highest BCUT2D eigenvalue weighted by molar-refractivity contribution is 6.09. The third-order valence-electron chi connectivity index (χ3n) is 4.61. The summed E-state index contributed by atoms with van der Waals surface area (Å²) in [5, 5.41) is 5.53. The minimum absolute atomic E-state index is 0.00853. The summed E-state index contributed by atoms with van der Waals surface area (Å²) in [5.41, 5.74) is -0.487. The number of ether oxygens (including phenoxy) is 1. The molecule has 0 unspecified atom stereocenters. The first kappa shape index (κ1) is 18.8. The van der Waals surface area contributed by atoms with Crippen LogP contribution in [0, 0.1) is 0 Å². The number of carbonyl (C=O) groups is 3. The molecule has 4 amide bonds. The Morgan fingerprint density at radius 1 is 1.28 bits per heavy atom. The fraction of sp³-hybridized carbons (Fsp3) is 0.500. The number of carbonyl (C=O) groups excluding carboxylic acids is 3. The van der Waals surface area contributed by atoms with Crippen LogP contribution in [0.25, 0.3) is 0 Å². The Balaban J connectivity index is 2.23. The van der Waals surface area contributed by atoms with Crippen molar-refractivity contribution in [3.8, 4) is 5.75 Å². The summed E-state index contributed by atoms with van der Waals surface area (Å²) in [6.07, 6.45) is 1.16. The lowest BCUT2D eigenvalue weighted by Gasteiger charge is -2.26. The van der Waals surface area contributed by atoms with E-state index in [1.165, 1.54) is 0 Å². The zero-order valence-corrected chi connectivity index (χ0v) is 15.1. The number of imide groups is 1. The van der Waals surface area contributed by atoms with Crippen molar-refractivity contribution >= 4 is 17.8 Å². The molecular weight excluding hydrogens is 322 g/mol. The van der Waals surface area contributed by atoms with Crippen LogP contribution >= 0.6 is 0 Å². The maximum absolute atomic E-state index is 12.9. The predicted molar refractivity (Wildman–Crippen MR) is 93.1 cm³/mol. The van der Waals surface area contributed by atoms with Crippen molar-refractivity contribution in [2.24, 2.45) is 0 Å². The Labute approximate surface area is 147 Å². The Morgan fingerprint density at radius 3 is 2.44 bits per heavy atom. The van der Waals surface area contributed by atoms with Gasteiger partial charge in [-0.05, 0) is 37.5 Å². The average Bonchev–Trinajstić information content (AvgIpc) is 2.86. The van der Waals surface area contributed by atoms with Crippen LogP contribution in [0.2, 0.25) is 0 Å². The van der Waals surface area contributed by atoms with Crippen molar-refractivity contribution < 1.29 is 19.1 Å². The molecule has 1 aromatic carbocycles. The summed E-state index contributed by atoms with van der Waals surface area (Å²) in [5.74, 6) is -0.0967. The highest BCUT2D eigenvalue weighted by Crippen LogP contribution is 2.33. The molecule has 0 radical (unpaired) electrons. The normalized spacial score (nSPS) is 21.0. The molecule has 2 atom stereocenters. The second-order valence-electron chi connectivity index (χ2n) is 6.19. The third-order valence-corrected chi connectivity index (χ3v) is 4.61. The van der Waals surface area contributed by atoms with Crippen LogP contribution in [0.1, 0.15) is 39.2 Å². The third kappa shape index (κ3) is 3.60. The van der Waals surface area contributed by atoms with Gasteiger partial charge in [-0.1, -0.05) is 26.0 Å². The van der Waals surface area contributed by atoms with E-state index in [-0.39, 0.29) is 18.5 Å². The minimum Gasteiger partial charge on any atom is -0.497 e. The maximum Gasteiger partial charge on any atom is 0.325 e. The topological polar surface area (TPSA) is 87.7 Å². The van der Waals surface area contributed by atoms with Crippen molar-refractivity contribution in [1.29, 1.82) is 0 Å². The van der Waals surface area contributed by atoms with Crippen LogP contribution in [0.15, 0.2) is 24.3 Å².